The minimum absolute atomic E-state index is 0.00791. The molecule has 5 rings (SSSR count). The molecule has 42 heavy (non-hydrogen) atoms. The number of benzene rings is 1. The third-order valence-electron chi connectivity index (χ3n) is 9.59. The van der Waals surface area contributed by atoms with Crippen LogP contribution in [0.3, 0.4) is 0 Å². The van der Waals surface area contributed by atoms with E-state index in [-0.39, 0.29) is 36.3 Å². The van der Waals surface area contributed by atoms with Gasteiger partial charge in [-0.1, -0.05) is 0 Å². The number of carbonyl (C=O) groups is 3. The monoisotopic (exact) mass is 585 g/mol. The third kappa shape index (κ3) is 4.48. The van der Waals surface area contributed by atoms with E-state index in [0.29, 0.717) is 23.8 Å². The zero-order chi connectivity index (χ0) is 30.7. The Hall–Kier alpha value is -3.45. The van der Waals surface area contributed by atoms with Crippen LogP contribution in [0.4, 0.5) is 0 Å². The van der Waals surface area contributed by atoms with E-state index in [1.54, 1.807) is 14.1 Å². The van der Waals surface area contributed by atoms with Crippen LogP contribution in [0, 0.1) is 17.8 Å². The second-order valence-electron chi connectivity index (χ2n) is 12.1. The lowest BCUT2D eigenvalue weighted by Gasteiger charge is -2.50. The topological polar surface area (TPSA) is 194 Å². The number of ketones is 2. The minimum atomic E-state index is -2.67. The molecule has 1 saturated heterocycles. The number of ether oxygens (including phenoxy) is 1. The molecule has 2 fully saturated rings. The van der Waals surface area contributed by atoms with Gasteiger partial charge < -0.3 is 36.0 Å². The second kappa shape index (κ2) is 11.0. The molecule has 1 heterocycles. The number of hydrogen-bond acceptors (Lipinski definition) is 11. The van der Waals surface area contributed by atoms with Crippen LogP contribution < -0.4 is 10.5 Å². The molecule has 0 aromatic heterocycles. The normalized spacial score (nSPS) is 28.6. The summed E-state index contributed by atoms with van der Waals surface area (Å²) in [6.07, 6.45) is 2.85. The molecular formula is C30H39N3O9. The fraction of sp³-hybridized carbons (Fsp3) is 0.567. The van der Waals surface area contributed by atoms with Gasteiger partial charge in [0.15, 0.2) is 11.4 Å². The maximum absolute atomic E-state index is 14.0. The largest absolute Gasteiger partial charge is 0.508 e. The number of phenolic OH excluding ortho intramolecular Hbond substituents is 1. The van der Waals surface area contributed by atoms with E-state index in [2.05, 4.69) is 4.90 Å². The number of Topliss-reactive ketones (excluding diaryl/α,β-unsaturated/α-hetero) is 2. The number of aliphatic hydroxyl groups excluding tert-OH is 3. The molecule has 3 aliphatic carbocycles. The summed E-state index contributed by atoms with van der Waals surface area (Å²) < 4.78 is 5.82. The van der Waals surface area contributed by atoms with Crippen molar-refractivity contribution < 1.29 is 44.7 Å². The van der Waals surface area contributed by atoms with Crippen LogP contribution in [0.25, 0.3) is 5.76 Å². The van der Waals surface area contributed by atoms with Crippen LogP contribution in [0.15, 0.2) is 23.0 Å². The Morgan fingerprint density at radius 1 is 1.19 bits per heavy atom. The average Bonchev–Trinajstić information content (AvgIpc) is 2.91. The number of nitrogens with two attached hydrogens (primary N) is 1. The van der Waals surface area contributed by atoms with Crippen molar-refractivity contribution in [2.75, 3.05) is 40.9 Å². The van der Waals surface area contributed by atoms with Gasteiger partial charge in [0.25, 0.3) is 5.91 Å². The predicted molar refractivity (Wildman–Crippen MR) is 151 cm³/mol. The van der Waals surface area contributed by atoms with Gasteiger partial charge in [-0.3, -0.25) is 24.2 Å². The first-order valence-corrected chi connectivity index (χ1v) is 14.3. The summed E-state index contributed by atoms with van der Waals surface area (Å²) in [5.74, 6) is -5.89. The Labute approximate surface area is 243 Å². The number of piperidine rings is 1. The Balaban J connectivity index is 1.57. The Morgan fingerprint density at radius 3 is 2.43 bits per heavy atom. The zero-order valence-corrected chi connectivity index (χ0v) is 24.1. The van der Waals surface area contributed by atoms with Crippen LogP contribution in [-0.4, -0.2) is 105 Å². The first kappa shape index (κ1) is 30.0. The SMILES string of the molecule is COc1c(CN2CCC(CCO)CC2)cc(O)c2c1C[C@H]1C[C@H]3[C@H](N(C)C)C(=O)C(C(N)=O)=C(O)[C@@]3(O)C(=O)C1=C2O. The second-order valence-corrected chi connectivity index (χ2v) is 12.1. The number of fused-ring (bicyclic) bond motifs is 3. The van der Waals surface area contributed by atoms with Gasteiger partial charge in [-0.25, -0.2) is 0 Å². The molecule has 0 unspecified atom stereocenters. The molecule has 0 bridgehead atoms. The fourth-order valence-electron chi connectivity index (χ4n) is 7.58. The van der Waals surface area contributed by atoms with Crippen LogP contribution in [0.1, 0.15) is 42.4 Å². The Bertz CT molecular complexity index is 1390. The van der Waals surface area contributed by atoms with Crippen molar-refractivity contribution >= 4 is 23.2 Å². The van der Waals surface area contributed by atoms with E-state index < -0.39 is 58.0 Å². The maximum Gasteiger partial charge on any atom is 0.255 e. The van der Waals surface area contributed by atoms with Crippen molar-refractivity contribution in [3.63, 3.8) is 0 Å². The molecule has 0 radical (unpaired) electrons. The van der Waals surface area contributed by atoms with Gasteiger partial charge >= 0.3 is 0 Å². The summed E-state index contributed by atoms with van der Waals surface area (Å²) in [6.45, 7) is 2.31. The number of primary amides is 1. The van der Waals surface area contributed by atoms with Gasteiger partial charge in [0.2, 0.25) is 5.78 Å². The molecule has 12 nitrogen and oxygen atoms in total. The highest BCUT2D eigenvalue weighted by molar-refractivity contribution is 6.24. The van der Waals surface area contributed by atoms with Gasteiger partial charge in [-0.15, -0.1) is 0 Å². The molecule has 7 N–H and O–H groups in total. The minimum Gasteiger partial charge on any atom is -0.508 e. The molecule has 1 aromatic carbocycles. The number of hydrogen-bond donors (Lipinski definition) is 6. The highest BCUT2D eigenvalue weighted by atomic mass is 16.5. The quantitative estimate of drug-likeness (QED) is 0.245. The lowest BCUT2D eigenvalue weighted by atomic mass is 9.57. The number of likely N-dealkylation sites (N-methyl/N-ethyl adjacent to an activating group) is 1. The van der Waals surface area contributed by atoms with Crippen molar-refractivity contribution in [2.45, 2.75) is 50.3 Å². The van der Waals surface area contributed by atoms with Crippen LogP contribution in [0.2, 0.25) is 0 Å². The van der Waals surface area contributed by atoms with Gasteiger partial charge in [0.05, 0.1) is 18.7 Å². The summed E-state index contributed by atoms with van der Waals surface area (Å²) in [7, 11) is 4.63. The molecule has 4 aliphatic rings. The number of rotatable bonds is 7. The van der Waals surface area contributed by atoms with Gasteiger partial charge in [0, 0.05) is 35.8 Å². The number of likely N-dealkylation sites (tertiary alicyclic amines) is 1. The van der Waals surface area contributed by atoms with Crippen molar-refractivity contribution in [2.24, 2.45) is 23.5 Å². The Kier molecular flexibility index (Phi) is 7.86. The average molecular weight is 586 g/mol. The highest BCUT2D eigenvalue weighted by Gasteiger charge is 2.64. The molecule has 1 saturated carbocycles. The van der Waals surface area contributed by atoms with Crippen LogP contribution in [-0.2, 0) is 27.3 Å². The molecule has 0 spiro atoms. The van der Waals surface area contributed by atoms with E-state index in [0.717, 1.165) is 37.9 Å². The first-order chi connectivity index (χ1) is 19.9. The van der Waals surface area contributed by atoms with Gasteiger partial charge in [-0.2, -0.15) is 0 Å². The fourth-order valence-corrected chi connectivity index (χ4v) is 7.58. The van der Waals surface area contributed by atoms with Gasteiger partial charge in [0.1, 0.15) is 28.6 Å². The first-order valence-electron chi connectivity index (χ1n) is 14.3. The summed E-state index contributed by atoms with van der Waals surface area (Å²) in [4.78, 5) is 43.1. The molecule has 1 aliphatic heterocycles. The molecule has 1 amide bonds. The Morgan fingerprint density at radius 2 is 1.86 bits per heavy atom. The van der Waals surface area contributed by atoms with E-state index in [1.807, 2.05) is 0 Å². The molecular weight excluding hydrogens is 546 g/mol. The number of methoxy groups -OCH3 is 1. The maximum atomic E-state index is 14.0. The number of amides is 1. The lowest BCUT2D eigenvalue weighted by molar-refractivity contribution is -0.153. The predicted octanol–water partition coefficient (Wildman–Crippen LogP) is 0.567. The number of carbonyl (C=O) groups excluding carboxylic acids is 3. The van der Waals surface area contributed by atoms with Crippen LogP contribution >= 0.6 is 0 Å². The number of aliphatic hydroxyl groups is 4. The lowest BCUT2D eigenvalue weighted by Crippen LogP contribution is -2.65. The van der Waals surface area contributed by atoms with Crippen molar-refractivity contribution in [3.8, 4) is 11.5 Å². The number of nitrogens with zero attached hydrogens (tertiary/aromatic N) is 2. The van der Waals surface area contributed by atoms with Crippen LogP contribution in [0.5, 0.6) is 11.5 Å². The number of phenols is 1. The smallest absolute Gasteiger partial charge is 0.255 e. The molecule has 4 atom stereocenters. The molecule has 1 aromatic rings. The van der Waals surface area contributed by atoms with E-state index in [1.165, 1.54) is 18.1 Å². The zero-order valence-electron chi connectivity index (χ0n) is 24.1. The van der Waals surface area contributed by atoms with Gasteiger partial charge in [-0.05, 0) is 77.2 Å². The third-order valence-corrected chi connectivity index (χ3v) is 9.59. The number of aromatic hydroxyl groups is 1. The summed E-state index contributed by atoms with van der Waals surface area (Å²) in [5, 5.41) is 54.5. The van der Waals surface area contributed by atoms with Crippen molar-refractivity contribution in [1.29, 1.82) is 0 Å². The molecule has 228 valence electrons. The molecule has 12 heteroatoms. The van der Waals surface area contributed by atoms with Crippen molar-refractivity contribution in [1.82, 2.24) is 9.80 Å². The highest BCUT2D eigenvalue weighted by Crippen LogP contribution is 2.54. The summed E-state index contributed by atoms with van der Waals surface area (Å²) in [6, 6.07) is 0.362. The van der Waals surface area contributed by atoms with E-state index in [9.17, 15) is 39.9 Å². The summed E-state index contributed by atoms with van der Waals surface area (Å²) in [5.41, 5.74) is 2.89. The van der Waals surface area contributed by atoms with E-state index in [4.69, 9.17) is 10.5 Å². The van der Waals surface area contributed by atoms with Crippen molar-refractivity contribution in [3.05, 3.63) is 39.7 Å². The van der Waals surface area contributed by atoms with E-state index >= 15 is 0 Å². The standard InChI is InChI=1S/C30H39N3O9/c1-32(2)23-18-11-15-10-17-21(24(36)20(15)27(38)30(18,41)28(39)22(25(23)37)29(31)40)19(35)12-16(26(17)42-3)13-33-7-4-14(5-8-33)6-9-34/h12,14-15,18,23,34-36,39,41H,4-11,13H2,1-3H3,(H2,31,40)/t15-,18-,23-,30-/m0/s1. The summed E-state index contributed by atoms with van der Waals surface area (Å²) >= 11 is 0.